The molecule has 1 aromatic rings. The molecule has 2 saturated heterocycles. The fraction of sp³-hybridized carbons (Fsp3) is 0.688. The Balaban J connectivity index is 1.60. The summed E-state index contributed by atoms with van der Waals surface area (Å²) < 4.78 is 6.14. The third kappa shape index (κ3) is 3.45. The molecule has 0 aromatic carbocycles. The van der Waals surface area contributed by atoms with Gasteiger partial charge in [-0.25, -0.2) is 9.97 Å². The zero-order chi connectivity index (χ0) is 16.4. The number of likely N-dealkylation sites (N-methyl/N-ethyl adjacent to an activating group) is 2. The number of ether oxygens (including phenoxy) is 1. The Morgan fingerprint density at radius 3 is 2.83 bits per heavy atom. The number of hydrogen-bond acceptors (Lipinski definition) is 6. The third-order valence-electron chi connectivity index (χ3n) is 4.73. The summed E-state index contributed by atoms with van der Waals surface area (Å²) in [7, 11) is 5.84. The van der Waals surface area contributed by atoms with Crippen LogP contribution in [0.4, 0.5) is 5.95 Å². The number of likely N-dealkylation sites (tertiary alicyclic amines) is 1. The van der Waals surface area contributed by atoms with Crippen LogP contribution in [0.5, 0.6) is 0 Å². The Morgan fingerprint density at radius 2 is 2.13 bits per heavy atom. The van der Waals surface area contributed by atoms with Crippen LogP contribution in [0.15, 0.2) is 18.5 Å². The summed E-state index contributed by atoms with van der Waals surface area (Å²) in [6.07, 6.45) is 5.32. The minimum Gasteiger partial charge on any atom is -0.371 e. The van der Waals surface area contributed by atoms with E-state index in [9.17, 15) is 4.79 Å². The molecule has 1 aromatic heterocycles. The highest BCUT2D eigenvalue weighted by Crippen LogP contribution is 2.37. The number of nitrogens with zero attached hydrogens (tertiary/aromatic N) is 5. The molecular formula is C16H25N5O2. The van der Waals surface area contributed by atoms with Crippen molar-refractivity contribution < 1.29 is 9.53 Å². The first kappa shape index (κ1) is 16.1. The number of carbonyl (C=O) groups is 1. The Bertz CT molecular complexity index is 553. The van der Waals surface area contributed by atoms with Gasteiger partial charge in [0.1, 0.15) is 0 Å². The molecule has 1 spiro atoms. The van der Waals surface area contributed by atoms with Crippen molar-refractivity contribution in [1.82, 2.24) is 19.8 Å². The summed E-state index contributed by atoms with van der Waals surface area (Å²) in [5.74, 6) is 0.898. The van der Waals surface area contributed by atoms with Crippen molar-refractivity contribution in [3.63, 3.8) is 0 Å². The summed E-state index contributed by atoms with van der Waals surface area (Å²) in [4.78, 5) is 26.8. The summed E-state index contributed by atoms with van der Waals surface area (Å²) in [5.41, 5.74) is -0.199. The smallest absolute Gasteiger partial charge is 0.236 e. The molecule has 0 radical (unpaired) electrons. The van der Waals surface area contributed by atoms with Gasteiger partial charge in [0.25, 0.3) is 0 Å². The third-order valence-corrected chi connectivity index (χ3v) is 4.73. The van der Waals surface area contributed by atoms with Gasteiger partial charge < -0.3 is 19.4 Å². The maximum atomic E-state index is 12.2. The highest BCUT2D eigenvalue weighted by molar-refractivity contribution is 5.78. The molecule has 7 heteroatoms. The van der Waals surface area contributed by atoms with Crippen molar-refractivity contribution in [3.8, 4) is 0 Å². The van der Waals surface area contributed by atoms with E-state index in [0.717, 1.165) is 25.3 Å². The Morgan fingerprint density at radius 1 is 1.39 bits per heavy atom. The van der Waals surface area contributed by atoms with Crippen LogP contribution in [-0.2, 0) is 9.53 Å². The minimum atomic E-state index is -0.199. The van der Waals surface area contributed by atoms with E-state index in [1.165, 1.54) is 0 Å². The van der Waals surface area contributed by atoms with Crippen LogP contribution in [0.3, 0.4) is 0 Å². The largest absolute Gasteiger partial charge is 0.371 e. The van der Waals surface area contributed by atoms with Crippen molar-refractivity contribution in [2.24, 2.45) is 0 Å². The van der Waals surface area contributed by atoms with Crippen LogP contribution in [0.1, 0.15) is 12.8 Å². The van der Waals surface area contributed by atoms with Gasteiger partial charge in [-0.3, -0.25) is 4.79 Å². The zero-order valence-electron chi connectivity index (χ0n) is 14.1. The highest BCUT2D eigenvalue weighted by Gasteiger charge is 2.47. The molecular weight excluding hydrogens is 294 g/mol. The topological polar surface area (TPSA) is 61.8 Å². The van der Waals surface area contributed by atoms with Gasteiger partial charge in [0.2, 0.25) is 11.9 Å². The van der Waals surface area contributed by atoms with Crippen LogP contribution in [0.25, 0.3) is 0 Å². The average molecular weight is 319 g/mol. The molecule has 0 unspecified atom stereocenters. The van der Waals surface area contributed by atoms with Gasteiger partial charge in [0, 0.05) is 39.0 Å². The summed E-state index contributed by atoms with van der Waals surface area (Å²) in [6.45, 7) is 2.59. The monoisotopic (exact) mass is 319 g/mol. The quantitative estimate of drug-likeness (QED) is 0.792. The van der Waals surface area contributed by atoms with Gasteiger partial charge in [-0.05, 0) is 26.6 Å². The molecule has 7 nitrogen and oxygen atoms in total. The predicted molar refractivity (Wildman–Crippen MR) is 87.3 cm³/mol. The summed E-state index contributed by atoms with van der Waals surface area (Å²) in [6, 6.07) is 2.07. The lowest BCUT2D eigenvalue weighted by Gasteiger charge is -2.26. The van der Waals surface area contributed by atoms with Crippen LogP contribution >= 0.6 is 0 Å². The van der Waals surface area contributed by atoms with Crippen LogP contribution < -0.4 is 4.90 Å². The fourth-order valence-corrected chi connectivity index (χ4v) is 3.42. The first-order chi connectivity index (χ1) is 11.0. The molecule has 0 aliphatic carbocycles. The second-order valence-corrected chi connectivity index (χ2v) is 6.81. The predicted octanol–water partition coefficient (Wildman–Crippen LogP) is 0.234. The highest BCUT2D eigenvalue weighted by atomic mass is 16.5. The molecule has 2 fully saturated rings. The van der Waals surface area contributed by atoms with E-state index in [2.05, 4.69) is 14.9 Å². The van der Waals surface area contributed by atoms with Crippen LogP contribution in [-0.4, -0.2) is 84.7 Å². The van der Waals surface area contributed by atoms with Crippen LogP contribution in [0.2, 0.25) is 0 Å². The van der Waals surface area contributed by atoms with E-state index >= 15 is 0 Å². The van der Waals surface area contributed by atoms with Gasteiger partial charge in [0.05, 0.1) is 24.8 Å². The molecule has 126 valence electrons. The number of rotatable bonds is 4. The SMILES string of the molecule is CN(C)CC(=O)N1CC[C@]2(C[C@@H](N(C)c3ncccn3)CO2)C1. The second kappa shape index (κ2) is 6.41. The second-order valence-electron chi connectivity index (χ2n) is 6.81. The number of amides is 1. The van der Waals surface area contributed by atoms with E-state index in [-0.39, 0.29) is 17.6 Å². The lowest BCUT2D eigenvalue weighted by Crippen LogP contribution is -2.40. The van der Waals surface area contributed by atoms with E-state index in [0.29, 0.717) is 19.7 Å². The molecule has 2 aliphatic rings. The minimum absolute atomic E-state index is 0.179. The fourth-order valence-electron chi connectivity index (χ4n) is 3.42. The van der Waals surface area contributed by atoms with Gasteiger partial charge in [0.15, 0.2) is 0 Å². The number of carbonyl (C=O) groups excluding carboxylic acids is 1. The van der Waals surface area contributed by atoms with Crippen LogP contribution in [0, 0.1) is 0 Å². The van der Waals surface area contributed by atoms with E-state index in [4.69, 9.17) is 4.74 Å². The van der Waals surface area contributed by atoms with Crippen molar-refractivity contribution in [3.05, 3.63) is 18.5 Å². The van der Waals surface area contributed by atoms with E-state index < -0.39 is 0 Å². The summed E-state index contributed by atoms with van der Waals surface area (Å²) >= 11 is 0. The molecule has 2 atom stereocenters. The average Bonchev–Trinajstić information content (AvgIpc) is 3.15. The first-order valence-corrected chi connectivity index (χ1v) is 8.05. The Labute approximate surface area is 137 Å². The summed E-state index contributed by atoms with van der Waals surface area (Å²) in [5, 5.41) is 0. The Hall–Kier alpha value is -1.73. The normalized spacial score (nSPS) is 27.1. The van der Waals surface area contributed by atoms with E-state index in [1.54, 1.807) is 12.4 Å². The van der Waals surface area contributed by atoms with Gasteiger partial charge in [-0.1, -0.05) is 0 Å². The Kier molecular flexibility index (Phi) is 4.50. The zero-order valence-corrected chi connectivity index (χ0v) is 14.1. The van der Waals surface area contributed by atoms with Crippen molar-refractivity contribution in [1.29, 1.82) is 0 Å². The lowest BCUT2D eigenvalue weighted by molar-refractivity contribution is -0.131. The molecule has 2 aliphatic heterocycles. The number of aromatic nitrogens is 2. The number of hydrogen-bond donors (Lipinski definition) is 0. The number of anilines is 1. The molecule has 3 rings (SSSR count). The maximum absolute atomic E-state index is 12.2. The molecule has 0 bridgehead atoms. The maximum Gasteiger partial charge on any atom is 0.236 e. The molecule has 0 saturated carbocycles. The van der Waals surface area contributed by atoms with Gasteiger partial charge >= 0.3 is 0 Å². The van der Waals surface area contributed by atoms with Crippen molar-refractivity contribution in [2.75, 3.05) is 52.3 Å². The lowest BCUT2D eigenvalue weighted by atomic mass is 9.97. The van der Waals surface area contributed by atoms with Crippen molar-refractivity contribution >= 4 is 11.9 Å². The molecule has 23 heavy (non-hydrogen) atoms. The standard InChI is InChI=1S/C16H25N5O2/c1-19(2)10-14(22)21-8-5-16(12-21)9-13(11-23-16)20(3)15-17-6-4-7-18-15/h4,6-7,13H,5,8-12H2,1-3H3/t13-,16+/m1/s1. The molecule has 0 N–H and O–H groups in total. The molecule has 3 heterocycles. The van der Waals surface area contributed by atoms with Gasteiger partial charge in [-0.2, -0.15) is 0 Å². The van der Waals surface area contributed by atoms with E-state index in [1.807, 2.05) is 37.0 Å². The molecule has 1 amide bonds. The first-order valence-electron chi connectivity index (χ1n) is 8.05. The van der Waals surface area contributed by atoms with Crippen molar-refractivity contribution in [2.45, 2.75) is 24.5 Å². The van der Waals surface area contributed by atoms with Gasteiger partial charge in [-0.15, -0.1) is 0 Å².